The molecule has 0 aromatic carbocycles. The van der Waals surface area contributed by atoms with E-state index in [0.717, 1.165) is 128 Å². The highest BCUT2D eigenvalue weighted by Gasteiger charge is 2.19. The zero-order valence-corrected chi connectivity index (χ0v) is 46.5. The van der Waals surface area contributed by atoms with Crippen LogP contribution in [0.3, 0.4) is 0 Å². The van der Waals surface area contributed by atoms with Crippen molar-refractivity contribution in [1.29, 1.82) is 0 Å². The Morgan fingerprint density at radius 2 is 0.577 bits per heavy atom. The van der Waals surface area contributed by atoms with Crippen molar-refractivity contribution in [2.45, 2.75) is 284 Å². The smallest absolute Gasteiger partial charge is 0.306 e. The fourth-order valence-electron chi connectivity index (χ4n) is 8.09. The molecule has 0 aliphatic heterocycles. The number of rotatable bonds is 53. The lowest BCUT2D eigenvalue weighted by molar-refractivity contribution is -0.167. The fraction of sp³-hybridized carbons (Fsp3) is 0.708. The highest BCUT2D eigenvalue weighted by Crippen LogP contribution is 2.15. The molecule has 6 nitrogen and oxygen atoms in total. The van der Waals surface area contributed by atoms with Crippen LogP contribution < -0.4 is 0 Å². The lowest BCUT2D eigenvalue weighted by atomic mass is 10.1. The van der Waals surface area contributed by atoms with Crippen LogP contribution >= 0.6 is 0 Å². The highest BCUT2D eigenvalue weighted by molar-refractivity contribution is 5.71. The number of hydrogen-bond acceptors (Lipinski definition) is 6. The molecule has 0 amide bonds. The Balaban J connectivity index is 4.33. The standard InChI is InChI=1S/C65H110O6/c1-4-7-10-13-16-19-22-24-26-28-30-31-32-33-34-35-36-38-39-41-43-46-49-52-55-58-64(67)70-61-62(60-69-63(66)57-54-51-48-45-21-18-15-12-9-6-3)71-65(68)59-56-53-50-47-44-42-40-37-29-27-25-23-20-17-14-11-8-5-2/h7,10,12,15-16,19,24,26-27,29-31,33-34,36,38,62H,4-6,8-9,11,13-14,17-18,20-23,25,28,32,35,37,39-61H2,1-3H3/b10-7-,15-12-,19-16-,26-24-,29-27-,31-30-,34-33-,38-36-. The minimum atomic E-state index is -0.790. The van der Waals surface area contributed by atoms with E-state index < -0.39 is 6.10 Å². The fourth-order valence-corrected chi connectivity index (χ4v) is 8.09. The van der Waals surface area contributed by atoms with Crippen LogP contribution in [0.1, 0.15) is 278 Å². The molecule has 1 unspecified atom stereocenters. The van der Waals surface area contributed by atoms with Gasteiger partial charge in [-0.2, -0.15) is 0 Å². The molecule has 0 heterocycles. The second-order valence-electron chi connectivity index (χ2n) is 19.5. The lowest BCUT2D eigenvalue weighted by Gasteiger charge is -2.18. The summed E-state index contributed by atoms with van der Waals surface area (Å²) in [7, 11) is 0. The Morgan fingerprint density at radius 1 is 0.296 bits per heavy atom. The van der Waals surface area contributed by atoms with Gasteiger partial charge in [-0.05, 0) is 116 Å². The lowest BCUT2D eigenvalue weighted by Crippen LogP contribution is -2.30. The minimum Gasteiger partial charge on any atom is -0.462 e. The SMILES string of the molecule is CC/C=C\C/C=C\C/C=C\C/C=C\C/C=C\C/C=C\CCCCCCCCC(=O)OCC(COC(=O)CCCCCCC/C=C\CCC)OC(=O)CCCCCCCCC/C=C\CCCCCCCCC. The predicted molar refractivity (Wildman–Crippen MR) is 307 cm³/mol. The predicted octanol–water partition coefficient (Wildman–Crippen LogP) is 20.1. The molecule has 1 atom stereocenters. The number of esters is 3. The van der Waals surface area contributed by atoms with E-state index >= 15 is 0 Å². The van der Waals surface area contributed by atoms with Crippen molar-refractivity contribution >= 4 is 17.9 Å². The molecule has 0 aromatic rings. The zero-order chi connectivity index (χ0) is 51.4. The van der Waals surface area contributed by atoms with E-state index in [1.165, 1.54) is 109 Å². The van der Waals surface area contributed by atoms with Crippen molar-refractivity contribution in [3.05, 3.63) is 97.2 Å². The third-order valence-corrected chi connectivity index (χ3v) is 12.5. The van der Waals surface area contributed by atoms with E-state index in [2.05, 4.69) is 118 Å². The average molecular weight is 988 g/mol. The molecule has 0 spiro atoms. The van der Waals surface area contributed by atoms with Gasteiger partial charge >= 0.3 is 17.9 Å². The van der Waals surface area contributed by atoms with Gasteiger partial charge in [0, 0.05) is 19.3 Å². The van der Waals surface area contributed by atoms with Crippen molar-refractivity contribution < 1.29 is 28.6 Å². The van der Waals surface area contributed by atoms with Gasteiger partial charge in [0.25, 0.3) is 0 Å². The first-order valence-corrected chi connectivity index (χ1v) is 29.7. The Kier molecular flexibility index (Phi) is 55.9. The monoisotopic (exact) mass is 987 g/mol. The van der Waals surface area contributed by atoms with Crippen LogP contribution in [0.4, 0.5) is 0 Å². The molecule has 0 fully saturated rings. The van der Waals surface area contributed by atoms with Crippen LogP contribution in [0.2, 0.25) is 0 Å². The number of hydrogen-bond donors (Lipinski definition) is 0. The van der Waals surface area contributed by atoms with Crippen molar-refractivity contribution in [2.75, 3.05) is 13.2 Å². The van der Waals surface area contributed by atoms with Crippen molar-refractivity contribution in [1.82, 2.24) is 0 Å². The molecule has 6 heteroatoms. The summed E-state index contributed by atoms with van der Waals surface area (Å²) in [5.74, 6) is -0.914. The van der Waals surface area contributed by atoms with Crippen molar-refractivity contribution in [3.8, 4) is 0 Å². The number of carbonyl (C=O) groups excluding carboxylic acids is 3. The Hall–Kier alpha value is -3.67. The van der Waals surface area contributed by atoms with Crippen LogP contribution in [0, 0.1) is 0 Å². The van der Waals surface area contributed by atoms with E-state index in [0.29, 0.717) is 19.3 Å². The maximum atomic E-state index is 12.9. The summed E-state index contributed by atoms with van der Waals surface area (Å²) in [6, 6.07) is 0. The van der Waals surface area contributed by atoms with Gasteiger partial charge in [0.1, 0.15) is 13.2 Å². The molecule has 0 aliphatic rings. The molecular weight excluding hydrogens is 877 g/mol. The molecule has 71 heavy (non-hydrogen) atoms. The van der Waals surface area contributed by atoms with E-state index in [9.17, 15) is 14.4 Å². The molecule has 0 N–H and O–H groups in total. The summed E-state index contributed by atoms with van der Waals surface area (Å²) in [5.41, 5.74) is 0. The summed E-state index contributed by atoms with van der Waals surface area (Å²) in [6.07, 6.45) is 78.3. The Bertz CT molecular complexity index is 1410. The first-order valence-electron chi connectivity index (χ1n) is 29.7. The van der Waals surface area contributed by atoms with Gasteiger partial charge in [0.05, 0.1) is 0 Å². The summed E-state index contributed by atoms with van der Waals surface area (Å²) in [6.45, 7) is 6.45. The molecule has 0 saturated carbocycles. The number of carbonyl (C=O) groups is 3. The molecule has 0 radical (unpaired) electrons. The topological polar surface area (TPSA) is 78.9 Å². The molecule has 0 saturated heterocycles. The van der Waals surface area contributed by atoms with E-state index in [1.54, 1.807) is 0 Å². The quantitative estimate of drug-likeness (QED) is 0.0261. The van der Waals surface area contributed by atoms with Crippen LogP contribution in [-0.4, -0.2) is 37.2 Å². The third kappa shape index (κ3) is 57.1. The van der Waals surface area contributed by atoms with Crippen LogP contribution in [-0.2, 0) is 28.6 Å². The summed E-state index contributed by atoms with van der Waals surface area (Å²) in [4.78, 5) is 38.1. The third-order valence-electron chi connectivity index (χ3n) is 12.5. The van der Waals surface area contributed by atoms with Gasteiger partial charge in [-0.3, -0.25) is 14.4 Å². The first-order chi connectivity index (χ1) is 35.0. The van der Waals surface area contributed by atoms with Gasteiger partial charge in [0.2, 0.25) is 0 Å². The summed E-state index contributed by atoms with van der Waals surface area (Å²) in [5, 5.41) is 0. The van der Waals surface area contributed by atoms with Crippen molar-refractivity contribution in [2.24, 2.45) is 0 Å². The van der Waals surface area contributed by atoms with E-state index in [1.807, 2.05) is 0 Å². The number of allylic oxidation sites excluding steroid dienone is 16. The second-order valence-corrected chi connectivity index (χ2v) is 19.5. The van der Waals surface area contributed by atoms with Gasteiger partial charge in [-0.1, -0.05) is 240 Å². The molecule has 0 aliphatic carbocycles. The molecular formula is C65H110O6. The number of ether oxygens (including phenoxy) is 3. The van der Waals surface area contributed by atoms with Crippen LogP contribution in [0.5, 0.6) is 0 Å². The van der Waals surface area contributed by atoms with Crippen LogP contribution in [0.25, 0.3) is 0 Å². The van der Waals surface area contributed by atoms with E-state index in [-0.39, 0.29) is 31.1 Å². The first kappa shape index (κ1) is 67.3. The van der Waals surface area contributed by atoms with Gasteiger partial charge in [-0.25, -0.2) is 0 Å². The molecule has 406 valence electrons. The summed E-state index contributed by atoms with van der Waals surface area (Å²) >= 11 is 0. The van der Waals surface area contributed by atoms with Gasteiger partial charge in [0.15, 0.2) is 6.10 Å². The average Bonchev–Trinajstić information content (AvgIpc) is 3.37. The van der Waals surface area contributed by atoms with E-state index in [4.69, 9.17) is 14.2 Å². The van der Waals surface area contributed by atoms with Crippen molar-refractivity contribution in [3.63, 3.8) is 0 Å². The molecule has 0 bridgehead atoms. The normalized spacial score (nSPS) is 12.8. The number of unbranched alkanes of at least 4 members (excludes halogenated alkanes) is 26. The van der Waals surface area contributed by atoms with Crippen LogP contribution in [0.15, 0.2) is 97.2 Å². The minimum absolute atomic E-state index is 0.0885. The largest absolute Gasteiger partial charge is 0.462 e. The maximum absolute atomic E-state index is 12.9. The Labute approximate surface area is 438 Å². The molecule has 0 rings (SSSR count). The zero-order valence-electron chi connectivity index (χ0n) is 46.5. The highest BCUT2D eigenvalue weighted by atomic mass is 16.6. The van der Waals surface area contributed by atoms with Gasteiger partial charge in [-0.15, -0.1) is 0 Å². The maximum Gasteiger partial charge on any atom is 0.306 e. The molecule has 0 aromatic heterocycles. The summed E-state index contributed by atoms with van der Waals surface area (Å²) < 4.78 is 16.8. The van der Waals surface area contributed by atoms with Gasteiger partial charge < -0.3 is 14.2 Å². The second kappa shape index (κ2) is 58.9. The Morgan fingerprint density at radius 3 is 0.930 bits per heavy atom.